The van der Waals surface area contributed by atoms with Crippen LogP contribution < -0.4 is 4.74 Å². The Labute approximate surface area is 162 Å². The normalized spacial score (nSPS) is 23.2. The van der Waals surface area contributed by atoms with Gasteiger partial charge in [0, 0.05) is 12.5 Å². The largest absolute Gasteiger partial charge is 0.496 e. The Morgan fingerprint density at radius 3 is 2.96 bits per heavy atom. The monoisotopic (exact) mass is 386 g/mol. The van der Waals surface area contributed by atoms with E-state index in [1.165, 1.54) is 19.3 Å². The van der Waals surface area contributed by atoms with Crippen molar-refractivity contribution in [3.8, 4) is 5.75 Å². The van der Waals surface area contributed by atoms with Crippen LogP contribution in [0.15, 0.2) is 42.7 Å². The summed E-state index contributed by atoms with van der Waals surface area (Å²) in [6.07, 6.45) is 4.74. The highest BCUT2D eigenvalue weighted by Crippen LogP contribution is 2.43. The molecule has 1 aliphatic heterocycles. The number of rotatable bonds is 8. The fraction of sp³-hybridized carbons (Fsp3) is 0.381. The Bertz CT molecular complexity index is 826. The van der Waals surface area contributed by atoms with E-state index in [2.05, 4.69) is 6.58 Å². The van der Waals surface area contributed by atoms with Crippen molar-refractivity contribution in [1.82, 2.24) is 0 Å². The van der Waals surface area contributed by atoms with Crippen molar-refractivity contribution in [3.63, 3.8) is 0 Å². The number of benzene rings is 1. The molecule has 0 radical (unpaired) electrons. The number of hydrogen-bond donors (Lipinski definition) is 0. The molecule has 1 aromatic carbocycles. The second-order valence-corrected chi connectivity index (χ2v) is 6.68. The molecule has 7 heteroatoms. The lowest BCUT2D eigenvalue weighted by Crippen LogP contribution is -2.42. The Kier molecular flexibility index (Phi) is 5.94. The molecular formula is C21H22O7. The smallest absolute Gasteiger partial charge is 0.317 e. The number of fused-ring (bicyclic) bond motifs is 1. The van der Waals surface area contributed by atoms with Gasteiger partial charge >= 0.3 is 5.97 Å². The number of carbonyl (C=O) groups excluding carboxylic acids is 3. The summed E-state index contributed by atoms with van der Waals surface area (Å²) >= 11 is 0. The predicted octanol–water partition coefficient (Wildman–Crippen LogP) is 2.39. The summed E-state index contributed by atoms with van der Waals surface area (Å²) in [6, 6.07) is 5.36. The molecular weight excluding hydrogens is 364 g/mol. The zero-order valence-corrected chi connectivity index (χ0v) is 15.6. The number of aryl methyl sites for hydroxylation is 1. The molecule has 2 atom stereocenters. The van der Waals surface area contributed by atoms with Gasteiger partial charge in [-0.05, 0) is 30.5 Å². The maximum Gasteiger partial charge on any atom is 0.317 e. The molecule has 1 aliphatic carbocycles. The van der Waals surface area contributed by atoms with Gasteiger partial charge in [-0.25, -0.2) is 0 Å². The van der Waals surface area contributed by atoms with E-state index in [0.29, 0.717) is 29.9 Å². The molecule has 0 aromatic heterocycles. The Hall–Kier alpha value is -2.93. The van der Waals surface area contributed by atoms with Gasteiger partial charge in [-0.3, -0.25) is 14.4 Å². The number of ether oxygens (including phenoxy) is 4. The highest BCUT2D eigenvalue weighted by atomic mass is 16.7. The third-order valence-electron chi connectivity index (χ3n) is 5.02. The second-order valence-electron chi connectivity index (χ2n) is 6.68. The molecule has 148 valence electrons. The molecule has 0 spiro atoms. The molecule has 1 aromatic rings. The van der Waals surface area contributed by atoms with Crippen molar-refractivity contribution in [2.24, 2.45) is 5.92 Å². The molecule has 1 fully saturated rings. The van der Waals surface area contributed by atoms with E-state index in [4.69, 9.17) is 18.9 Å². The van der Waals surface area contributed by atoms with Crippen LogP contribution in [-0.4, -0.2) is 44.1 Å². The van der Waals surface area contributed by atoms with Crippen LogP contribution in [-0.2, 0) is 30.2 Å². The number of ketones is 1. The van der Waals surface area contributed by atoms with E-state index in [0.717, 1.165) is 11.8 Å². The fourth-order valence-corrected chi connectivity index (χ4v) is 3.52. The molecule has 0 unspecified atom stereocenters. The summed E-state index contributed by atoms with van der Waals surface area (Å²) in [7, 11) is 1.51. The van der Waals surface area contributed by atoms with Gasteiger partial charge in [0.2, 0.25) is 0 Å². The minimum absolute atomic E-state index is 0.0236. The number of methoxy groups -OCH3 is 1. The van der Waals surface area contributed by atoms with Crippen LogP contribution >= 0.6 is 0 Å². The van der Waals surface area contributed by atoms with Crippen molar-refractivity contribution >= 4 is 18.0 Å². The van der Waals surface area contributed by atoms with Crippen LogP contribution in [0.25, 0.3) is 0 Å². The lowest BCUT2D eigenvalue weighted by atomic mass is 9.78. The van der Waals surface area contributed by atoms with Crippen LogP contribution in [0.2, 0.25) is 0 Å². The second kappa shape index (κ2) is 8.39. The number of allylic oxidation sites excluding steroid dienone is 1. The molecule has 0 N–H and O–H groups in total. The maximum absolute atomic E-state index is 12.3. The maximum atomic E-state index is 12.3. The SMILES string of the molecule is C=CCOC(=O)[C@@H]1C[C@]2(CCc3ccc(OC)c(C=O)c3)OCOC2=CC1=O. The highest BCUT2D eigenvalue weighted by Gasteiger charge is 2.50. The average molecular weight is 386 g/mol. The van der Waals surface area contributed by atoms with Crippen molar-refractivity contribution in [2.75, 3.05) is 20.5 Å². The molecule has 0 bridgehead atoms. The van der Waals surface area contributed by atoms with Crippen LogP contribution in [0.1, 0.15) is 28.8 Å². The number of esters is 1. The molecule has 7 nitrogen and oxygen atoms in total. The van der Waals surface area contributed by atoms with E-state index >= 15 is 0 Å². The summed E-state index contributed by atoms with van der Waals surface area (Å²) in [5.41, 5.74) is 0.504. The van der Waals surface area contributed by atoms with Gasteiger partial charge in [-0.15, -0.1) is 0 Å². The Morgan fingerprint density at radius 2 is 2.25 bits per heavy atom. The Morgan fingerprint density at radius 1 is 1.43 bits per heavy atom. The lowest BCUT2D eigenvalue weighted by molar-refractivity contribution is -0.153. The number of hydrogen-bond acceptors (Lipinski definition) is 7. The predicted molar refractivity (Wildman–Crippen MR) is 98.8 cm³/mol. The van der Waals surface area contributed by atoms with Gasteiger partial charge in [0.25, 0.3) is 0 Å². The summed E-state index contributed by atoms with van der Waals surface area (Å²) in [4.78, 5) is 35.8. The van der Waals surface area contributed by atoms with E-state index in [9.17, 15) is 14.4 Å². The van der Waals surface area contributed by atoms with Crippen LogP contribution in [0.3, 0.4) is 0 Å². The number of carbonyl (C=O) groups is 3. The minimum Gasteiger partial charge on any atom is -0.496 e. The zero-order chi connectivity index (χ0) is 20.1. The number of aldehydes is 1. The molecule has 1 saturated heterocycles. The van der Waals surface area contributed by atoms with Crippen molar-refractivity contribution in [3.05, 3.63) is 53.8 Å². The molecule has 1 heterocycles. The van der Waals surface area contributed by atoms with Crippen LogP contribution in [0.5, 0.6) is 5.75 Å². The zero-order valence-electron chi connectivity index (χ0n) is 15.6. The third-order valence-corrected chi connectivity index (χ3v) is 5.02. The summed E-state index contributed by atoms with van der Waals surface area (Å²) < 4.78 is 21.5. The Balaban J connectivity index is 1.78. The van der Waals surface area contributed by atoms with E-state index in [1.807, 2.05) is 6.07 Å². The van der Waals surface area contributed by atoms with Gasteiger partial charge in [-0.1, -0.05) is 18.7 Å². The topological polar surface area (TPSA) is 88.1 Å². The molecule has 2 aliphatic rings. The molecule has 0 amide bonds. The standard InChI is InChI=1S/C21H22O7/c1-3-8-26-20(24)16-11-21(19(10-17(16)23)27-13-28-21)7-6-14-4-5-18(25-2)15(9-14)12-22/h3-5,9-10,12,16H,1,6-8,11,13H2,2H3/t16-,21+/m1/s1. The first kappa shape index (κ1) is 19.8. The van der Waals surface area contributed by atoms with Gasteiger partial charge in [0.05, 0.1) is 12.7 Å². The summed E-state index contributed by atoms with van der Waals surface area (Å²) in [5.74, 6) is -0.937. The summed E-state index contributed by atoms with van der Waals surface area (Å²) in [6.45, 7) is 3.57. The van der Waals surface area contributed by atoms with Crippen LogP contribution in [0.4, 0.5) is 0 Å². The van der Waals surface area contributed by atoms with E-state index in [-0.39, 0.29) is 25.6 Å². The van der Waals surface area contributed by atoms with E-state index in [1.54, 1.807) is 12.1 Å². The fourth-order valence-electron chi connectivity index (χ4n) is 3.52. The quantitative estimate of drug-likeness (QED) is 0.293. The van der Waals surface area contributed by atoms with Crippen LogP contribution in [0, 0.1) is 5.92 Å². The van der Waals surface area contributed by atoms with Crippen molar-refractivity contribution in [2.45, 2.75) is 24.9 Å². The van der Waals surface area contributed by atoms with Crippen molar-refractivity contribution in [1.29, 1.82) is 0 Å². The first-order valence-corrected chi connectivity index (χ1v) is 8.95. The molecule has 28 heavy (non-hydrogen) atoms. The van der Waals surface area contributed by atoms with Gasteiger partial charge < -0.3 is 18.9 Å². The molecule has 3 rings (SSSR count). The van der Waals surface area contributed by atoms with Gasteiger partial charge in [0.1, 0.15) is 29.6 Å². The molecule has 0 saturated carbocycles. The lowest BCUT2D eigenvalue weighted by Gasteiger charge is -2.33. The van der Waals surface area contributed by atoms with Crippen molar-refractivity contribution < 1.29 is 33.3 Å². The summed E-state index contributed by atoms with van der Waals surface area (Å²) in [5, 5.41) is 0. The first-order valence-electron chi connectivity index (χ1n) is 8.95. The van der Waals surface area contributed by atoms with Gasteiger partial charge in [0.15, 0.2) is 18.9 Å². The van der Waals surface area contributed by atoms with Gasteiger partial charge in [-0.2, -0.15) is 0 Å². The minimum atomic E-state index is -0.938. The highest BCUT2D eigenvalue weighted by molar-refractivity contribution is 6.06. The first-order chi connectivity index (χ1) is 13.5. The van der Waals surface area contributed by atoms with E-state index < -0.39 is 17.5 Å². The third kappa shape index (κ3) is 3.84. The average Bonchev–Trinajstić information content (AvgIpc) is 3.12.